The standard InChI is InChI=1S/C17H17F2NO3/c1-11(23-13-7-8-14(18)15(19)9-13)17(22)20-10-16(21)12-5-3-2-4-6-12/h2-9,11,16,21H,10H2,1H3,(H,20,22). The van der Waals surface area contributed by atoms with Gasteiger partial charge in [0.2, 0.25) is 0 Å². The van der Waals surface area contributed by atoms with Gasteiger partial charge in [-0.15, -0.1) is 0 Å². The van der Waals surface area contributed by atoms with Crippen molar-refractivity contribution in [3.8, 4) is 5.75 Å². The van der Waals surface area contributed by atoms with Crippen molar-refractivity contribution in [3.05, 3.63) is 65.7 Å². The Morgan fingerprint density at radius 3 is 2.52 bits per heavy atom. The summed E-state index contributed by atoms with van der Waals surface area (Å²) in [7, 11) is 0. The molecule has 0 aliphatic carbocycles. The Labute approximate surface area is 132 Å². The molecule has 0 bridgehead atoms. The average Bonchev–Trinajstić information content (AvgIpc) is 2.56. The van der Waals surface area contributed by atoms with E-state index in [1.165, 1.54) is 13.0 Å². The van der Waals surface area contributed by atoms with Gasteiger partial charge in [0.1, 0.15) is 5.75 Å². The average molecular weight is 321 g/mol. The Morgan fingerprint density at radius 1 is 1.17 bits per heavy atom. The van der Waals surface area contributed by atoms with Gasteiger partial charge in [0.05, 0.1) is 6.10 Å². The van der Waals surface area contributed by atoms with Gasteiger partial charge in [-0.3, -0.25) is 4.79 Å². The lowest BCUT2D eigenvalue weighted by atomic mass is 10.1. The molecule has 0 aliphatic heterocycles. The van der Waals surface area contributed by atoms with Crippen LogP contribution < -0.4 is 10.1 Å². The van der Waals surface area contributed by atoms with E-state index in [1.54, 1.807) is 24.3 Å². The van der Waals surface area contributed by atoms with Gasteiger partial charge < -0.3 is 15.2 Å². The lowest BCUT2D eigenvalue weighted by Crippen LogP contribution is -2.38. The number of hydrogen-bond acceptors (Lipinski definition) is 3. The van der Waals surface area contributed by atoms with Crippen molar-refractivity contribution in [2.75, 3.05) is 6.54 Å². The number of rotatable bonds is 6. The topological polar surface area (TPSA) is 58.6 Å². The van der Waals surface area contributed by atoms with Crippen LogP contribution >= 0.6 is 0 Å². The second kappa shape index (κ2) is 7.69. The SMILES string of the molecule is CC(Oc1ccc(F)c(F)c1)C(=O)NCC(O)c1ccccc1. The molecule has 0 saturated heterocycles. The van der Waals surface area contributed by atoms with E-state index in [9.17, 15) is 18.7 Å². The van der Waals surface area contributed by atoms with Crippen LogP contribution in [0.15, 0.2) is 48.5 Å². The quantitative estimate of drug-likeness (QED) is 0.860. The molecule has 2 aromatic rings. The minimum absolute atomic E-state index is 0.0221. The minimum atomic E-state index is -1.05. The minimum Gasteiger partial charge on any atom is -0.481 e. The summed E-state index contributed by atoms with van der Waals surface area (Å²) in [6, 6.07) is 11.9. The van der Waals surface area contributed by atoms with E-state index in [4.69, 9.17) is 4.74 Å². The second-order valence-electron chi connectivity index (χ2n) is 5.01. The van der Waals surface area contributed by atoms with Gasteiger partial charge in [-0.1, -0.05) is 30.3 Å². The summed E-state index contributed by atoms with van der Waals surface area (Å²) in [5.41, 5.74) is 0.682. The lowest BCUT2D eigenvalue weighted by molar-refractivity contribution is -0.127. The van der Waals surface area contributed by atoms with Crippen molar-refractivity contribution >= 4 is 5.91 Å². The van der Waals surface area contributed by atoms with Crippen LogP contribution in [0.25, 0.3) is 0 Å². The monoisotopic (exact) mass is 321 g/mol. The molecule has 2 aromatic carbocycles. The summed E-state index contributed by atoms with van der Waals surface area (Å²) in [5, 5.41) is 12.5. The molecule has 122 valence electrons. The van der Waals surface area contributed by atoms with Crippen LogP contribution in [0.5, 0.6) is 5.75 Å². The number of ether oxygens (including phenoxy) is 1. The van der Waals surface area contributed by atoms with E-state index < -0.39 is 29.7 Å². The van der Waals surface area contributed by atoms with Crippen LogP contribution in [0.4, 0.5) is 8.78 Å². The van der Waals surface area contributed by atoms with Gasteiger partial charge in [0.15, 0.2) is 17.7 Å². The van der Waals surface area contributed by atoms with Crippen molar-refractivity contribution in [2.45, 2.75) is 19.1 Å². The van der Waals surface area contributed by atoms with Crippen LogP contribution in [-0.4, -0.2) is 23.7 Å². The van der Waals surface area contributed by atoms with Gasteiger partial charge in [-0.25, -0.2) is 8.78 Å². The maximum atomic E-state index is 13.1. The number of aliphatic hydroxyl groups is 1. The summed E-state index contributed by atoms with van der Waals surface area (Å²) in [6.45, 7) is 1.50. The number of aliphatic hydroxyl groups excluding tert-OH is 1. The van der Waals surface area contributed by atoms with Gasteiger partial charge in [-0.2, -0.15) is 0 Å². The first-order chi connectivity index (χ1) is 11.0. The molecule has 2 unspecified atom stereocenters. The number of amides is 1. The van der Waals surface area contributed by atoms with Crippen LogP contribution in [0.1, 0.15) is 18.6 Å². The first kappa shape index (κ1) is 16.9. The van der Waals surface area contributed by atoms with E-state index in [0.717, 1.165) is 12.1 Å². The molecule has 0 aliphatic rings. The fourth-order valence-electron chi connectivity index (χ4n) is 1.94. The third-order valence-corrected chi connectivity index (χ3v) is 3.23. The Bertz CT molecular complexity index is 664. The van der Waals surface area contributed by atoms with Crippen LogP contribution in [0.2, 0.25) is 0 Å². The molecule has 0 heterocycles. The molecule has 4 nitrogen and oxygen atoms in total. The normalized spacial score (nSPS) is 13.2. The maximum absolute atomic E-state index is 13.1. The second-order valence-corrected chi connectivity index (χ2v) is 5.01. The smallest absolute Gasteiger partial charge is 0.260 e. The van der Waals surface area contributed by atoms with E-state index in [1.807, 2.05) is 6.07 Å². The van der Waals surface area contributed by atoms with Crippen molar-refractivity contribution in [1.82, 2.24) is 5.32 Å². The van der Waals surface area contributed by atoms with Crippen LogP contribution in [0.3, 0.4) is 0 Å². The highest BCUT2D eigenvalue weighted by Gasteiger charge is 2.17. The molecule has 1 amide bonds. The molecule has 0 saturated carbocycles. The molecule has 2 atom stereocenters. The first-order valence-corrected chi connectivity index (χ1v) is 7.10. The van der Waals surface area contributed by atoms with Crippen LogP contribution in [-0.2, 0) is 4.79 Å². The van der Waals surface area contributed by atoms with Crippen molar-refractivity contribution < 1.29 is 23.4 Å². The predicted octanol–water partition coefficient (Wildman–Crippen LogP) is 2.58. The van der Waals surface area contributed by atoms with E-state index in [0.29, 0.717) is 5.56 Å². The molecule has 0 spiro atoms. The fourth-order valence-corrected chi connectivity index (χ4v) is 1.94. The Hall–Kier alpha value is -2.47. The summed E-state index contributed by atoms with van der Waals surface area (Å²) < 4.78 is 31.2. The molecule has 0 radical (unpaired) electrons. The highest BCUT2D eigenvalue weighted by Crippen LogP contribution is 2.17. The van der Waals surface area contributed by atoms with Crippen molar-refractivity contribution in [3.63, 3.8) is 0 Å². The van der Waals surface area contributed by atoms with Gasteiger partial charge >= 0.3 is 0 Å². The van der Waals surface area contributed by atoms with Gasteiger partial charge in [0.25, 0.3) is 5.91 Å². The Morgan fingerprint density at radius 2 is 1.87 bits per heavy atom. The molecule has 2 rings (SSSR count). The maximum Gasteiger partial charge on any atom is 0.260 e. The van der Waals surface area contributed by atoms with E-state index >= 15 is 0 Å². The van der Waals surface area contributed by atoms with E-state index in [-0.39, 0.29) is 12.3 Å². The summed E-state index contributed by atoms with van der Waals surface area (Å²) >= 11 is 0. The number of carbonyl (C=O) groups is 1. The van der Waals surface area contributed by atoms with Crippen molar-refractivity contribution in [1.29, 1.82) is 0 Å². The zero-order valence-corrected chi connectivity index (χ0v) is 12.5. The Kier molecular flexibility index (Phi) is 5.65. The molecule has 6 heteroatoms. The number of halogens is 2. The number of hydrogen-bond donors (Lipinski definition) is 2. The molecule has 0 fully saturated rings. The molecular weight excluding hydrogens is 304 g/mol. The fraction of sp³-hybridized carbons (Fsp3) is 0.235. The van der Waals surface area contributed by atoms with Crippen molar-refractivity contribution in [2.24, 2.45) is 0 Å². The molecular formula is C17H17F2NO3. The highest BCUT2D eigenvalue weighted by molar-refractivity contribution is 5.80. The molecule has 23 heavy (non-hydrogen) atoms. The summed E-state index contributed by atoms with van der Waals surface area (Å²) in [4.78, 5) is 11.9. The number of nitrogens with one attached hydrogen (secondary N) is 1. The largest absolute Gasteiger partial charge is 0.481 e. The third-order valence-electron chi connectivity index (χ3n) is 3.23. The molecule has 2 N–H and O–H groups in total. The summed E-state index contributed by atoms with van der Waals surface area (Å²) in [5.74, 6) is -2.45. The Balaban J connectivity index is 1.86. The summed E-state index contributed by atoms with van der Waals surface area (Å²) in [6.07, 6.45) is -1.75. The zero-order valence-electron chi connectivity index (χ0n) is 12.5. The van der Waals surface area contributed by atoms with Gasteiger partial charge in [-0.05, 0) is 24.6 Å². The number of benzene rings is 2. The lowest BCUT2D eigenvalue weighted by Gasteiger charge is -2.17. The third kappa shape index (κ3) is 4.75. The van der Waals surface area contributed by atoms with E-state index in [2.05, 4.69) is 5.32 Å². The predicted molar refractivity (Wildman–Crippen MR) is 80.9 cm³/mol. The first-order valence-electron chi connectivity index (χ1n) is 7.10. The highest BCUT2D eigenvalue weighted by atomic mass is 19.2. The molecule has 0 aromatic heterocycles. The van der Waals surface area contributed by atoms with Gasteiger partial charge in [0, 0.05) is 12.6 Å². The number of carbonyl (C=O) groups excluding carboxylic acids is 1. The van der Waals surface area contributed by atoms with Crippen LogP contribution in [0, 0.1) is 11.6 Å². The zero-order chi connectivity index (χ0) is 16.8.